The van der Waals surface area contributed by atoms with Crippen LogP contribution in [-0.4, -0.2) is 35.8 Å². The van der Waals surface area contributed by atoms with Crippen molar-refractivity contribution in [3.63, 3.8) is 0 Å². The van der Waals surface area contributed by atoms with Crippen LogP contribution < -0.4 is 0 Å². The Morgan fingerprint density at radius 2 is 2.25 bits per heavy atom. The highest BCUT2D eigenvalue weighted by Gasteiger charge is 2.23. The Bertz CT molecular complexity index is 527. The zero-order chi connectivity index (χ0) is 13.8. The van der Waals surface area contributed by atoms with Gasteiger partial charge < -0.3 is 4.74 Å². The van der Waals surface area contributed by atoms with Crippen molar-refractivity contribution in [1.82, 2.24) is 9.88 Å². The Balaban J connectivity index is 1.62. The molecule has 3 nitrogen and oxygen atoms in total. The third kappa shape index (κ3) is 3.41. The molecule has 1 aromatic carbocycles. The Hall–Kier alpha value is -0.880. The van der Waals surface area contributed by atoms with E-state index in [0.29, 0.717) is 0 Å². The second-order valence-electron chi connectivity index (χ2n) is 4.81. The van der Waals surface area contributed by atoms with Gasteiger partial charge in [-0.25, -0.2) is 4.98 Å². The smallest absolute Gasteiger partial charge is 0.123 e. The van der Waals surface area contributed by atoms with Crippen molar-refractivity contribution in [2.45, 2.75) is 17.5 Å². The third-order valence-electron chi connectivity index (χ3n) is 3.44. The number of benzene rings is 1. The van der Waals surface area contributed by atoms with Gasteiger partial charge in [-0.2, -0.15) is 0 Å². The van der Waals surface area contributed by atoms with E-state index in [1.54, 1.807) is 23.1 Å². The normalized spacial score (nSPS) is 20.1. The first-order valence-electron chi connectivity index (χ1n) is 6.71. The second kappa shape index (κ2) is 6.72. The van der Waals surface area contributed by atoms with Crippen molar-refractivity contribution in [2.24, 2.45) is 0 Å². The average Bonchev–Trinajstić information content (AvgIpc) is 3.03. The lowest BCUT2D eigenvalue weighted by molar-refractivity contribution is -0.0330. The van der Waals surface area contributed by atoms with Crippen LogP contribution in [-0.2, 0) is 11.3 Å². The zero-order valence-corrected chi connectivity index (χ0v) is 13.1. The number of hydrogen-bond donors (Lipinski definition) is 0. The lowest BCUT2D eigenvalue weighted by atomic mass is 10.2. The van der Waals surface area contributed by atoms with E-state index in [1.807, 2.05) is 11.6 Å². The van der Waals surface area contributed by atoms with Crippen LogP contribution in [0.4, 0.5) is 0 Å². The van der Waals surface area contributed by atoms with E-state index in [2.05, 4.69) is 40.4 Å². The summed E-state index contributed by atoms with van der Waals surface area (Å²) in [5, 5.41) is 3.10. The fourth-order valence-electron chi connectivity index (χ4n) is 2.38. The van der Waals surface area contributed by atoms with E-state index >= 15 is 0 Å². The van der Waals surface area contributed by atoms with Crippen molar-refractivity contribution < 1.29 is 4.74 Å². The maximum atomic E-state index is 5.83. The molecule has 1 aromatic heterocycles. The molecule has 2 heterocycles. The molecule has 0 N–H and O–H groups in total. The zero-order valence-electron chi connectivity index (χ0n) is 11.5. The van der Waals surface area contributed by atoms with Gasteiger partial charge in [0.25, 0.3) is 0 Å². The molecule has 0 bridgehead atoms. The Kier molecular flexibility index (Phi) is 4.73. The Labute approximate surface area is 128 Å². The van der Waals surface area contributed by atoms with Crippen molar-refractivity contribution in [1.29, 1.82) is 0 Å². The van der Waals surface area contributed by atoms with E-state index < -0.39 is 0 Å². The van der Waals surface area contributed by atoms with Gasteiger partial charge in [-0.05, 0) is 24.0 Å². The summed E-state index contributed by atoms with van der Waals surface area (Å²) in [6.07, 6.45) is 4.09. The first kappa shape index (κ1) is 14.1. The number of hydrogen-bond acceptors (Lipinski definition) is 5. The molecular formula is C15H18N2OS2. The molecular weight excluding hydrogens is 288 g/mol. The number of thiazole rings is 1. The molecule has 0 amide bonds. The molecule has 3 rings (SSSR count). The van der Waals surface area contributed by atoms with Gasteiger partial charge in [-0.1, -0.05) is 12.1 Å². The maximum absolute atomic E-state index is 5.83. The molecule has 1 aliphatic rings. The van der Waals surface area contributed by atoms with E-state index in [9.17, 15) is 0 Å². The van der Waals surface area contributed by atoms with Gasteiger partial charge in [0.05, 0.1) is 6.61 Å². The van der Waals surface area contributed by atoms with Gasteiger partial charge in [0.1, 0.15) is 11.1 Å². The molecule has 1 saturated heterocycles. The molecule has 0 spiro atoms. The maximum Gasteiger partial charge on any atom is 0.123 e. The minimum atomic E-state index is 0.134. The fourth-order valence-corrected chi connectivity index (χ4v) is 3.46. The number of aromatic nitrogens is 1. The van der Waals surface area contributed by atoms with E-state index in [0.717, 1.165) is 31.2 Å². The molecule has 2 aromatic rings. The summed E-state index contributed by atoms with van der Waals surface area (Å²) < 4.78 is 5.83. The first-order valence-corrected chi connectivity index (χ1v) is 8.82. The molecule has 1 aliphatic heterocycles. The molecule has 0 radical (unpaired) electrons. The van der Waals surface area contributed by atoms with Gasteiger partial charge in [0, 0.05) is 36.1 Å². The number of rotatable bonds is 4. The fraction of sp³-hybridized carbons (Fsp3) is 0.400. The predicted molar refractivity (Wildman–Crippen MR) is 84.3 cm³/mol. The summed E-state index contributed by atoms with van der Waals surface area (Å²) in [4.78, 5) is 8.13. The van der Waals surface area contributed by atoms with Gasteiger partial charge in [-0.15, -0.1) is 23.1 Å². The number of nitrogens with zero attached hydrogens (tertiary/aromatic N) is 2. The molecule has 0 aliphatic carbocycles. The standard InChI is InChI=1S/C15H18N2OS2/c1-19-13-4-2-12(3-5-13)10-17-7-8-18-14(11-17)15-16-6-9-20-15/h2-6,9,14H,7-8,10-11H2,1H3. The minimum absolute atomic E-state index is 0.134. The monoisotopic (exact) mass is 306 g/mol. The second-order valence-corrected chi connectivity index (χ2v) is 6.62. The van der Waals surface area contributed by atoms with Crippen LogP contribution in [0.3, 0.4) is 0 Å². The van der Waals surface area contributed by atoms with Crippen molar-refractivity contribution in [2.75, 3.05) is 26.0 Å². The summed E-state index contributed by atoms with van der Waals surface area (Å²) in [5.41, 5.74) is 1.36. The molecule has 1 fully saturated rings. The summed E-state index contributed by atoms with van der Waals surface area (Å²) in [6, 6.07) is 8.83. The SMILES string of the molecule is CSc1ccc(CN2CCOC(c3nccs3)C2)cc1. The Morgan fingerprint density at radius 3 is 2.95 bits per heavy atom. The highest BCUT2D eigenvalue weighted by molar-refractivity contribution is 7.98. The van der Waals surface area contributed by atoms with E-state index in [-0.39, 0.29) is 6.10 Å². The van der Waals surface area contributed by atoms with Crippen molar-refractivity contribution >= 4 is 23.1 Å². The highest BCUT2D eigenvalue weighted by atomic mass is 32.2. The minimum Gasteiger partial charge on any atom is -0.368 e. The van der Waals surface area contributed by atoms with Crippen molar-refractivity contribution in [3.8, 4) is 0 Å². The van der Waals surface area contributed by atoms with Crippen molar-refractivity contribution in [3.05, 3.63) is 46.4 Å². The van der Waals surface area contributed by atoms with Crippen LogP contribution in [0.2, 0.25) is 0 Å². The van der Waals surface area contributed by atoms with E-state index in [1.165, 1.54) is 10.5 Å². The largest absolute Gasteiger partial charge is 0.368 e. The first-order chi connectivity index (χ1) is 9.85. The quantitative estimate of drug-likeness (QED) is 0.808. The Morgan fingerprint density at radius 1 is 1.40 bits per heavy atom. The predicted octanol–water partition coefficient (Wildman–Crippen LogP) is 3.44. The molecule has 20 heavy (non-hydrogen) atoms. The summed E-state index contributed by atoms with van der Waals surface area (Å²) >= 11 is 3.46. The van der Waals surface area contributed by atoms with E-state index in [4.69, 9.17) is 4.74 Å². The summed E-state index contributed by atoms with van der Waals surface area (Å²) in [6.45, 7) is 3.69. The third-order valence-corrected chi connectivity index (χ3v) is 5.05. The van der Waals surface area contributed by atoms with Crippen LogP contribution in [0.25, 0.3) is 0 Å². The average molecular weight is 306 g/mol. The van der Waals surface area contributed by atoms with Gasteiger partial charge in [0.2, 0.25) is 0 Å². The highest BCUT2D eigenvalue weighted by Crippen LogP contribution is 2.25. The molecule has 106 valence electrons. The molecule has 1 unspecified atom stereocenters. The van der Waals surface area contributed by atoms with Gasteiger partial charge in [0.15, 0.2) is 0 Å². The van der Waals surface area contributed by atoms with Gasteiger partial charge >= 0.3 is 0 Å². The van der Waals surface area contributed by atoms with Crippen LogP contribution in [0.15, 0.2) is 40.7 Å². The topological polar surface area (TPSA) is 25.4 Å². The lowest BCUT2D eigenvalue weighted by Gasteiger charge is -2.32. The lowest BCUT2D eigenvalue weighted by Crippen LogP contribution is -2.37. The number of morpholine rings is 1. The number of thioether (sulfide) groups is 1. The van der Waals surface area contributed by atoms with Crippen LogP contribution in [0.5, 0.6) is 0 Å². The summed E-state index contributed by atoms with van der Waals surface area (Å²) in [7, 11) is 0. The molecule has 1 atom stereocenters. The van der Waals surface area contributed by atoms with Crippen LogP contribution in [0.1, 0.15) is 16.7 Å². The molecule has 0 saturated carbocycles. The van der Waals surface area contributed by atoms with Crippen LogP contribution in [0, 0.1) is 0 Å². The number of ether oxygens (including phenoxy) is 1. The summed E-state index contributed by atoms with van der Waals surface area (Å²) in [5.74, 6) is 0. The van der Waals surface area contributed by atoms with Gasteiger partial charge in [-0.3, -0.25) is 4.90 Å². The van der Waals surface area contributed by atoms with Crippen LogP contribution >= 0.6 is 23.1 Å². The molecule has 5 heteroatoms.